The normalized spacial score (nSPS) is 15.6. The molecule has 168 valence electrons. The molecule has 0 spiro atoms. The van der Waals surface area contributed by atoms with Gasteiger partial charge in [-0.2, -0.15) is 0 Å². The predicted octanol–water partition coefficient (Wildman–Crippen LogP) is 5.27. The number of carbonyl (C=O) groups excluding carboxylic acids is 1. The molecule has 0 saturated carbocycles. The monoisotopic (exact) mass is 434 g/mol. The van der Waals surface area contributed by atoms with Crippen LogP contribution in [0.2, 0.25) is 0 Å². The van der Waals surface area contributed by atoms with Gasteiger partial charge in [0.25, 0.3) is 0 Å². The molecular weight excluding hydrogens is 404 g/mol. The first kappa shape index (κ1) is 21.9. The van der Waals surface area contributed by atoms with Crippen LogP contribution in [0.5, 0.6) is 11.5 Å². The number of aromatic nitrogens is 1. The summed E-state index contributed by atoms with van der Waals surface area (Å²) in [6, 6.07) is 8.09. The molecular formula is C26H30N2O4. The lowest BCUT2D eigenvalue weighted by Crippen LogP contribution is -2.39. The molecule has 6 heteroatoms. The maximum atomic E-state index is 12.4. The number of carbonyl (C=O) groups is 1. The minimum Gasteiger partial charge on any atom is -0.493 e. The highest BCUT2D eigenvalue weighted by Gasteiger charge is 2.26. The number of amides is 1. The van der Waals surface area contributed by atoms with Gasteiger partial charge in [-0.05, 0) is 62.1 Å². The minimum atomic E-state index is -0.486. The molecule has 1 amide bonds. The van der Waals surface area contributed by atoms with Crippen LogP contribution >= 0.6 is 0 Å². The van der Waals surface area contributed by atoms with Gasteiger partial charge in [0.2, 0.25) is 0 Å². The molecule has 1 aromatic carbocycles. The van der Waals surface area contributed by atoms with Crippen LogP contribution in [0.4, 0.5) is 4.79 Å². The van der Waals surface area contributed by atoms with E-state index in [1.165, 1.54) is 11.1 Å². The fourth-order valence-corrected chi connectivity index (χ4v) is 4.08. The van der Waals surface area contributed by atoms with E-state index in [1.54, 1.807) is 19.1 Å². The van der Waals surface area contributed by atoms with E-state index in [2.05, 4.69) is 18.2 Å². The first-order valence-corrected chi connectivity index (χ1v) is 10.9. The highest BCUT2D eigenvalue weighted by Crippen LogP contribution is 2.38. The van der Waals surface area contributed by atoms with Gasteiger partial charge in [0.15, 0.2) is 11.5 Å². The zero-order valence-corrected chi connectivity index (χ0v) is 19.4. The average molecular weight is 435 g/mol. The highest BCUT2D eigenvalue weighted by atomic mass is 16.6. The Hall–Kier alpha value is -3.28. The fraction of sp³-hybridized carbons (Fsp3) is 0.385. The van der Waals surface area contributed by atoms with E-state index in [0.717, 1.165) is 35.2 Å². The van der Waals surface area contributed by atoms with Gasteiger partial charge in [0, 0.05) is 36.8 Å². The minimum absolute atomic E-state index is 0.258. The molecule has 2 aliphatic rings. The standard InChI is InChI=1S/C26H30N2O4/c1-26(2,3)32-25(29)28-12-10-17(11-13-28)20-7-8-22-21(20)14-19(16-27-22)18-6-9-23(30-4)24(15-18)31-5/h6-7,9-10,14-16H,8,11-13H2,1-5H3. The second-order valence-electron chi connectivity index (χ2n) is 9.02. The van der Waals surface area contributed by atoms with Crippen molar-refractivity contribution in [2.45, 2.75) is 39.2 Å². The molecule has 0 atom stereocenters. The Labute approximate surface area is 189 Å². The summed E-state index contributed by atoms with van der Waals surface area (Å²) < 4.78 is 16.3. The fourth-order valence-electron chi connectivity index (χ4n) is 4.08. The molecule has 32 heavy (non-hydrogen) atoms. The van der Waals surface area contributed by atoms with E-state index >= 15 is 0 Å². The summed E-state index contributed by atoms with van der Waals surface area (Å²) in [7, 11) is 3.27. The van der Waals surface area contributed by atoms with Crippen LogP contribution in [0.3, 0.4) is 0 Å². The Bertz CT molecular complexity index is 1100. The lowest BCUT2D eigenvalue weighted by Gasteiger charge is -2.30. The van der Waals surface area contributed by atoms with Gasteiger partial charge in [0.05, 0.1) is 19.9 Å². The van der Waals surface area contributed by atoms with Crippen molar-refractivity contribution >= 4 is 11.7 Å². The van der Waals surface area contributed by atoms with Crippen LogP contribution in [0, 0.1) is 0 Å². The first-order chi connectivity index (χ1) is 15.3. The number of pyridine rings is 1. The molecule has 1 aromatic heterocycles. The van der Waals surface area contributed by atoms with Crippen molar-refractivity contribution < 1.29 is 19.0 Å². The number of fused-ring (bicyclic) bond motifs is 1. The third kappa shape index (κ3) is 4.49. The van der Waals surface area contributed by atoms with Crippen LogP contribution in [0.25, 0.3) is 16.7 Å². The second kappa shape index (κ2) is 8.69. The molecule has 1 aliphatic carbocycles. The van der Waals surface area contributed by atoms with Gasteiger partial charge in [-0.15, -0.1) is 0 Å². The Morgan fingerprint density at radius 3 is 2.47 bits per heavy atom. The number of benzene rings is 1. The quantitative estimate of drug-likeness (QED) is 0.656. The molecule has 0 bridgehead atoms. The van der Waals surface area contributed by atoms with Crippen LogP contribution in [-0.2, 0) is 11.2 Å². The van der Waals surface area contributed by atoms with Crippen LogP contribution in [0.15, 0.2) is 48.2 Å². The van der Waals surface area contributed by atoms with E-state index in [4.69, 9.17) is 19.2 Å². The molecule has 2 heterocycles. The van der Waals surface area contributed by atoms with E-state index in [1.807, 2.05) is 45.2 Å². The molecule has 0 N–H and O–H groups in total. The Morgan fingerprint density at radius 2 is 1.81 bits per heavy atom. The summed E-state index contributed by atoms with van der Waals surface area (Å²) in [4.78, 5) is 18.9. The third-order valence-electron chi connectivity index (χ3n) is 5.68. The summed E-state index contributed by atoms with van der Waals surface area (Å²) in [5, 5.41) is 0. The summed E-state index contributed by atoms with van der Waals surface area (Å²) in [6.45, 7) is 6.87. The van der Waals surface area contributed by atoms with Crippen LogP contribution < -0.4 is 9.47 Å². The number of rotatable bonds is 4. The number of ether oxygens (including phenoxy) is 3. The summed E-state index contributed by atoms with van der Waals surface area (Å²) >= 11 is 0. The highest BCUT2D eigenvalue weighted by molar-refractivity contribution is 5.86. The van der Waals surface area contributed by atoms with Gasteiger partial charge in [-0.1, -0.05) is 18.2 Å². The Kier molecular flexibility index (Phi) is 5.96. The third-order valence-corrected chi connectivity index (χ3v) is 5.68. The smallest absolute Gasteiger partial charge is 0.410 e. The van der Waals surface area contributed by atoms with Gasteiger partial charge >= 0.3 is 6.09 Å². The maximum Gasteiger partial charge on any atom is 0.410 e. The predicted molar refractivity (Wildman–Crippen MR) is 125 cm³/mol. The van der Waals surface area contributed by atoms with Crippen molar-refractivity contribution in [1.82, 2.24) is 9.88 Å². The zero-order chi connectivity index (χ0) is 22.9. The second-order valence-corrected chi connectivity index (χ2v) is 9.02. The van der Waals surface area contributed by atoms with Crippen molar-refractivity contribution in [2.24, 2.45) is 0 Å². The van der Waals surface area contributed by atoms with Crippen molar-refractivity contribution in [3.63, 3.8) is 0 Å². The molecule has 6 nitrogen and oxygen atoms in total. The molecule has 4 rings (SSSR count). The number of hydrogen-bond acceptors (Lipinski definition) is 5. The van der Waals surface area contributed by atoms with Gasteiger partial charge in [-0.25, -0.2) is 4.79 Å². The Balaban J connectivity index is 1.55. The number of methoxy groups -OCH3 is 2. The molecule has 0 radical (unpaired) electrons. The van der Waals surface area contributed by atoms with Crippen LogP contribution in [-0.4, -0.2) is 48.9 Å². The Morgan fingerprint density at radius 1 is 1.03 bits per heavy atom. The lowest BCUT2D eigenvalue weighted by molar-refractivity contribution is 0.0267. The molecule has 2 aromatic rings. The largest absolute Gasteiger partial charge is 0.493 e. The number of allylic oxidation sites excluding steroid dienone is 2. The van der Waals surface area contributed by atoms with Gasteiger partial charge in [-0.3, -0.25) is 4.98 Å². The first-order valence-electron chi connectivity index (χ1n) is 10.9. The SMILES string of the molecule is COc1ccc(-c2cnc3c(c2)C(C2=CCN(C(=O)OC(C)(C)C)CC2)=CC3)cc1OC. The molecule has 1 aliphatic heterocycles. The van der Waals surface area contributed by atoms with E-state index in [9.17, 15) is 4.79 Å². The number of nitrogens with zero attached hydrogens (tertiary/aromatic N) is 2. The van der Waals surface area contributed by atoms with E-state index < -0.39 is 5.60 Å². The topological polar surface area (TPSA) is 60.9 Å². The summed E-state index contributed by atoms with van der Waals surface area (Å²) in [5.41, 5.74) is 6.30. The molecule has 0 fully saturated rings. The maximum absolute atomic E-state index is 12.4. The van der Waals surface area contributed by atoms with Gasteiger partial charge in [0.1, 0.15) is 5.60 Å². The average Bonchev–Trinajstić information content (AvgIpc) is 3.20. The van der Waals surface area contributed by atoms with Gasteiger partial charge < -0.3 is 19.1 Å². The van der Waals surface area contributed by atoms with Crippen molar-refractivity contribution in [3.05, 3.63) is 59.4 Å². The van der Waals surface area contributed by atoms with Crippen molar-refractivity contribution in [2.75, 3.05) is 27.3 Å². The van der Waals surface area contributed by atoms with E-state index in [0.29, 0.717) is 24.6 Å². The van der Waals surface area contributed by atoms with Crippen molar-refractivity contribution in [3.8, 4) is 22.6 Å². The summed E-state index contributed by atoms with van der Waals surface area (Å²) in [5.74, 6) is 1.39. The number of hydrogen-bond donors (Lipinski definition) is 0. The van der Waals surface area contributed by atoms with E-state index in [-0.39, 0.29) is 6.09 Å². The van der Waals surface area contributed by atoms with Crippen LogP contribution in [0.1, 0.15) is 38.4 Å². The molecule has 0 saturated heterocycles. The zero-order valence-electron chi connectivity index (χ0n) is 19.4. The lowest BCUT2D eigenvalue weighted by atomic mass is 9.94. The molecule has 0 unspecified atom stereocenters. The summed E-state index contributed by atoms with van der Waals surface area (Å²) in [6.07, 6.45) is 7.65. The van der Waals surface area contributed by atoms with Crippen molar-refractivity contribution in [1.29, 1.82) is 0 Å².